The van der Waals surface area contributed by atoms with Gasteiger partial charge in [-0.25, -0.2) is 9.97 Å². The number of aromatic nitrogens is 2. The van der Waals surface area contributed by atoms with Crippen molar-refractivity contribution in [1.29, 1.82) is 5.26 Å². The molecule has 2 fully saturated rings. The Hall–Kier alpha value is -1.76. The number of aryl methyl sites for hydroxylation is 2. The SMILES string of the molecule is Cc1cc(C)nc([C@@H](C#N)C(=O)C[C@@H]2C[C@H]3CC[C@H]2C3)n1. The third-order valence-corrected chi connectivity index (χ3v) is 5.06. The molecule has 3 rings (SSSR count). The maximum Gasteiger partial charge on any atom is 0.164 e. The van der Waals surface area contributed by atoms with Crippen LogP contribution in [0.2, 0.25) is 0 Å². The van der Waals surface area contributed by atoms with Gasteiger partial charge < -0.3 is 0 Å². The van der Waals surface area contributed by atoms with Crippen molar-refractivity contribution >= 4 is 5.78 Å². The molecule has 110 valence electrons. The van der Waals surface area contributed by atoms with Crippen molar-refractivity contribution in [1.82, 2.24) is 9.97 Å². The van der Waals surface area contributed by atoms with E-state index in [1.165, 1.54) is 25.7 Å². The molecule has 1 heterocycles. The van der Waals surface area contributed by atoms with Crippen LogP contribution in [0.1, 0.15) is 55.2 Å². The minimum Gasteiger partial charge on any atom is -0.298 e. The van der Waals surface area contributed by atoms with Crippen LogP contribution in [0, 0.1) is 42.9 Å². The number of nitriles is 1. The zero-order valence-electron chi connectivity index (χ0n) is 12.7. The normalized spacial score (nSPS) is 28.3. The van der Waals surface area contributed by atoms with E-state index in [2.05, 4.69) is 16.0 Å². The van der Waals surface area contributed by atoms with Crippen LogP contribution >= 0.6 is 0 Å². The highest BCUT2D eigenvalue weighted by Gasteiger charge is 2.41. The number of fused-ring (bicyclic) bond motifs is 2. The fourth-order valence-corrected chi connectivity index (χ4v) is 4.16. The first kappa shape index (κ1) is 14.2. The van der Waals surface area contributed by atoms with Gasteiger partial charge in [0.05, 0.1) is 6.07 Å². The second kappa shape index (κ2) is 5.55. The smallest absolute Gasteiger partial charge is 0.164 e. The molecule has 1 aromatic heterocycles. The largest absolute Gasteiger partial charge is 0.298 e. The molecule has 0 unspecified atom stereocenters. The number of carbonyl (C=O) groups excluding carboxylic acids is 1. The van der Waals surface area contributed by atoms with E-state index >= 15 is 0 Å². The van der Waals surface area contributed by atoms with Crippen molar-refractivity contribution in [2.45, 2.75) is 51.9 Å². The van der Waals surface area contributed by atoms with E-state index < -0.39 is 5.92 Å². The first-order valence-corrected chi connectivity index (χ1v) is 7.81. The number of hydrogen-bond donors (Lipinski definition) is 0. The van der Waals surface area contributed by atoms with E-state index in [1.54, 1.807) is 0 Å². The van der Waals surface area contributed by atoms with Gasteiger partial charge in [-0.15, -0.1) is 0 Å². The molecule has 21 heavy (non-hydrogen) atoms. The monoisotopic (exact) mass is 283 g/mol. The van der Waals surface area contributed by atoms with Gasteiger partial charge in [0.2, 0.25) is 0 Å². The molecular formula is C17H21N3O. The first-order valence-electron chi connectivity index (χ1n) is 7.81. The molecule has 2 saturated carbocycles. The van der Waals surface area contributed by atoms with Gasteiger partial charge in [-0.2, -0.15) is 5.26 Å². The summed E-state index contributed by atoms with van der Waals surface area (Å²) in [6.07, 6.45) is 5.57. The van der Waals surface area contributed by atoms with Crippen LogP contribution in [-0.4, -0.2) is 15.8 Å². The average Bonchev–Trinajstić information content (AvgIpc) is 3.00. The van der Waals surface area contributed by atoms with Crippen LogP contribution in [0.4, 0.5) is 0 Å². The van der Waals surface area contributed by atoms with Gasteiger partial charge in [-0.05, 0) is 56.9 Å². The van der Waals surface area contributed by atoms with E-state index in [0.717, 1.165) is 17.3 Å². The topological polar surface area (TPSA) is 66.6 Å². The van der Waals surface area contributed by atoms with Crippen molar-refractivity contribution < 1.29 is 4.79 Å². The Morgan fingerprint density at radius 3 is 2.57 bits per heavy atom. The van der Waals surface area contributed by atoms with Crippen molar-refractivity contribution in [3.8, 4) is 6.07 Å². The average molecular weight is 283 g/mol. The second-order valence-corrected chi connectivity index (χ2v) is 6.68. The van der Waals surface area contributed by atoms with Gasteiger partial charge in [0.25, 0.3) is 0 Å². The molecular weight excluding hydrogens is 262 g/mol. The summed E-state index contributed by atoms with van der Waals surface area (Å²) < 4.78 is 0. The number of carbonyl (C=O) groups is 1. The Balaban J connectivity index is 1.74. The van der Waals surface area contributed by atoms with Crippen molar-refractivity contribution in [2.24, 2.45) is 17.8 Å². The molecule has 0 aliphatic heterocycles. The molecule has 2 aliphatic rings. The Morgan fingerprint density at radius 1 is 1.33 bits per heavy atom. The fraction of sp³-hybridized carbons (Fsp3) is 0.647. The van der Waals surface area contributed by atoms with Crippen LogP contribution < -0.4 is 0 Å². The minimum atomic E-state index is -0.803. The molecule has 0 saturated heterocycles. The van der Waals surface area contributed by atoms with E-state index in [9.17, 15) is 10.1 Å². The summed E-state index contributed by atoms with van der Waals surface area (Å²) in [5.74, 6) is 1.59. The maximum atomic E-state index is 12.5. The van der Waals surface area contributed by atoms with Crippen molar-refractivity contribution in [3.05, 3.63) is 23.3 Å². The van der Waals surface area contributed by atoms with Crippen LogP contribution in [-0.2, 0) is 4.79 Å². The summed E-state index contributed by atoms with van der Waals surface area (Å²) >= 11 is 0. The van der Waals surface area contributed by atoms with Gasteiger partial charge in [0.15, 0.2) is 17.5 Å². The molecule has 4 atom stereocenters. The lowest BCUT2D eigenvalue weighted by molar-refractivity contribution is -0.120. The van der Waals surface area contributed by atoms with E-state index in [1.807, 2.05) is 19.9 Å². The number of nitrogens with zero attached hydrogens (tertiary/aromatic N) is 3. The minimum absolute atomic E-state index is 0.0000463. The highest BCUT2D eigenvalue weighted by atomic mass is 16.1. The highest BCUT2D eigenvalue weighted by Crippen LogP contribution is 2.49. The van der Waals surface area contributed by atoms with Gasteiger partial charge in [0, 0.05) is 17.8 Å². The molecule has 0 amide bonds. The third kappa shape index (κ3) is 2.83. The number of hydrogen-bond acceptors (Lipinski definition) is 4. The molecule has 2 aliphatic carbocycles. The van der Waals surface area contributed by atoms with Crippen LogP contribution in [0.15, 0.2) is 6.07 Å². The Labute approximate surface area is 125 Å². The summed E-state index contributed by atoms with van der Waals surface area (Å²) in [7, 11) is 0. The lowest BCUT2D eigenvalue weighted by atomic mass is 9.83. The third-order valence-electron chi connectivity index (χ3n) is 5.06. The van der Waals surface area contributed by atoms with Crippen LogP contribution in [0.5, 0.6) is 0 Å². The zero-order chi connectivity index (χ0) is 15.0. The molecule has 0 N–H and O–H groups in total. The molecule has 4 nitrogen and oxygen atoms in total. The zero-order valence-corrected chi connectivity index (χ0v) is 12.7. The lowest BCUT2D eigenvalue weighted by Gasteiger charge is -2.21. The number of ketones is 1. The highest BCUT2D eigenvalue weighted by molar-refractivity contribution is 5.87. The maximum absolute atomic E-state index is 12.5. The predicted octanol–water partition coefficient (Wildman–Crippen LogP) is 3.10. The standard InChI is InChI=1S/C17H21N3O/c1-10-5-11(2)20-17(19-10)15(9-18)16(21)8-14-7-12-3-4-13(14)6-12/h5,12-15H,3-4,6-8H2,1-2H3/t12-,13-,14-,15-/m0/s1. The number of Topliss-reactive ketones (excluding diaryl/α,β-unsaturated/α-hetero) is 1. The Kier molecular flexibility index (Phi) is 3.75. The fourth-order valence-electron chi connectivity index (χ4n) is 4.16. The first-order chi connectivity index (χ1) is 10.1. The predicted molar refractivity (Wildman–Crippen MR) is 78.4 cm³/mol. The van der Waals surface area contributed by atoms with Crippen molar-refractivity contribution in [3.63, 3.8) is 0 Å². The molecule has 0 radical (unpaired) electrons. The van der Waals surface area contributed by atoms with Gasteiger partial charge >= 0.3 is 0 Å². The van der Waals surface area contributed by atoms with Crippen LogP contribution in [0.25, 0.3) is 0 Å². The Morgan fingerprint density at radius 2 is 2.05 bits per heavy atom. The summed E-state index contributed by atoms with van der Waals surface area (Å²) in [5, 5.41) is 9.39. The Bertz CT molecular complexity index is 584. The van der Waals surface area contributed by atoms with Gasteiger partial charge in [0.1, 0.15) is 0 Å². The van der Waals surface area contributed by atoms with Crippen molar-refractivity contribution in [2.75, 3.05) is 0 Å². The van der Waals surface area contributed by atoms with Gasteiger partial charge in [-0.1, -0.05) is 6.42 Å². The number of rotatable bonds is 4. The van der Waals surface area contributed by atoms with Gasteiger partial charge in [-0.3, -0.25) is 4.79 Å². The van der Waals surface area contributed by atoms with E-state index in [-0.39, 0.29) is 5.78 Å². The molecule has 4 heteroatoms. The van der Waals surface area contributed by atoms with Crippen LogP contribution in [0.3, 0.4) is 0 Å². The summed E-state index contributed by atoms with van der Waals surface area (Å²) in [5.41, 5.74) is 1.62. The summed E-state index contributed by atoms with van der Waals surface area (Å²) in [4.78, 5) is 21.1. The second-order valence-electron chi connectivity index (χ2n) is 6.68. The molecule has 0 spiro atoms. The molecule has 2 bridgehead atoms. The van der Waals surface area contributed by atoms with E-state index in [0.29, 0.717) is 24.1 Å². The summed E-state index contributed by atoms with van der Waals surface area (Å²) in [6.45, 7) is 3.74. The molecule has 0 aromatic carbocycles. The van der Waals surface area contributed by atoms with E-state index in [4.69, 9.17) is 0 Å². The quantitative estimate of drug-likeness (QED) is 0.851. The molecule has 1 aromatic rings. The summed E-state index contributed by atoms with van der Waals surface area (Å²) in [6, 6.07) is 3.98. The lowest BCUT2D eigenvalue weighted by Crippen LogP contribution is -2.21.